The van der Waals surface area contributed by atoms with Crippen molar-refractivity contribution in [3.63, 3.8) is 0 Å². The Hall–Kier alpha value is -4.37. The molecule has 1 heterocycles. The van der Waals surface area contributed by atoms with E-state index in [9.17, 15) is 28.3 Å². The van der Waals surface area contributed by atoms with Gasteiger partial charge < -0.3 is 20.6 Å². The second-order valence-corrected chi connectivity index (χ2v) is 9.46. The number of carbonyl (C=O) groups is 3. The number of halogens is 2. The highest BCUT2D eigenvalue weighted by Crippen LogP contribution is 2.32. The first-order valence-electron chi connectivity index (χ1n) is 12.5. The number of aliphatic hydroxyl groups is 1. The van der Waals surface area contributed by atoms with Crippen molar-refractivity contribution < 1.29 is 28.3 Å². The Morgan fingerprint density at radius 3 is 2.15 bits per heavy atom. The van der Waals surface area contributed by atoms with Gasteiger partial charge in [-0.05, 0) is 41.3 Å². The standard InChI is InChI=1S/C30H29F2N3O4/c1-18(33-29(38)27(36)22-13-23(31)17-24(32)14-22)28(37)34-25-15-21(19-9-5-3-6-10-19)16-26(35(2)30(25)39)20-11-7-4-8-12-20/h3-14,16-18,25-27,36H,15H2,1-2H3,(H,33,38)(H,34,37)/t18-,25-,26+,27+/m0/s1. The van der Waals surface area contributed by atoms with Crippen molar-refractivity contribution in [2.24, 2.45) is 0 Å². The Kier molecular flexibility index (Phi) is 8.51. The molecule has 0 bridgehead atoms. The summed E-state index contributed by atoms with van der Waals surface area (Å²) in [4.78, 5) is 40.7. The zero-order valence-corrected chi connectivity index (χ0v) is 21.5. The largest absolute Gasteiger partial charge is 0.378 e. The van der Waals surface area contributed by atoms with Gasteiger partial charge in [0, 0.05) is 19.5 Å². The Bertz CT molecular complexity index is 1360. The van der Waals surface area contributed by atoms with Crippen LogP contribution < -0.4 is 10.6 Å². The van der Waals surface area contributed by atoms with Crippen LogP contribution in [0.2, 0.25) is 0 Å². The second kappa shape index (κ2) is 12.0. The zero-order valence-electron chi connectivity index (χ0n) is 21.5. The summed E-state index contributed by atoms with van der Waals surface area (Å²) in [6.07, 6.45) is 0.332. The van der Waals surface area contributed by atoms with Gasteiger partial charge in [-0.3, -0.25) is 14.4 Å². The maximum Gasteiger partial charge on any atom is 0.254 e. The van der Waals surface area contributed by atoms with Crippen molar-refractivity contribution in [2.75, 3.05) is 7.05 Å². The Labute approximate surface area is 225 Å². The monoisotopic (exact) mass is 533 g/mol. The van der Waals surface area contributed by atoms with Crippen molar-refractivity contribution in [1.82, 2.24) is 15.5 Å². The number of carbonyl (C=O) groups excluding carboxylic acids is 3. The van der Waals surface area contributed by atoms with Gasteiger partial charge in [0.05, 0.1) is 6.04 Å². The van der Waals surface area contributed by atoms with Crippen LogP contribution in [-0.2, 0) is 14.4 Å². The zero-order chi connectivity index (χ0) is 28.1. The van der Waals surface area contributed by atoms with Gasteiger partial charge in [-0.1, -0.05) is 66.7 Å². The van der Waals surface area contributed by atoms with E-state index in [0.717, 1.165) is 28.8 Å². The fourth-order valence-corrected chi connectivity index (χ4v) is 4.55. The number of hydrogen-bond acceptors (Lipinski definition) is 4. The number of benzene rings is 3. The van der Waals surface area contributed by atoms with E-state index in [0.29, 0.717) is 6.07 Å². The van der Waals surface area contributed by atoms with Gasteiger partial charge in [0.15, 0.2) is 6.10 Å². The minimum atomic E-state index is -1.89. The predicted octanol–water partition coefficient (Wildman–Crippen LogP) is 3.67. The maximum atomic E-state index is 13.5. The summed E-state index contributed by atoms with van der Waals surface area (Å²) in [5.74, 6) is -3.88. The predicted molar refractivity (Wildman–Crippen MR) is 142 cm³/mol. The summed E-state index contributed by atoms with van der Waals surface area (Å²) in [6.45, 7) is 1.39. The summed E-state index contributed by atoms with van der Waals surface area (Å²) in [6, 6.07) is 18.9. The molecule has 9 heteroatoms. The molecule has 0 unspecified atom stereocenters. The van der Waals surface area contributed by atoms with Gasteiger partial charge in [-0.25, -0.2) is 8.78 Å². The molecule has 1 aliphatic rings. The number of likely N-dealkylation sites (N-methyl/N-ethyl adjacent to an activating group) is 1. The molecule has 0 radical (unpaired) electrons. The lowest BCUT2D eigenvalue weighted by atomic mass is 9.96. The number of nitrogens with one attached hydrogen (secondary N) is 2. The van der Waals surface area contributed by atoms with Crippen LogP contribution in [0.15, 0.2) is 84.9 Å². The van der Waals surface area contributed by atoms with E-state index in [1.54, 1.807) is 11.9 Å². The molecule has 3 amide bonds. The number of aliphatic hydroxyl groups excluding tert-OH is 1. The summed E-state index contributed by atoms with van der Waals surface area (Å²) in [5, 5.41) is 15.3. The van der Waals surface area contributed by atoms with E-state index in [4.69, 9.17) is 0 Å². The lowest BCUT2D eigenvalue weighted by molar-refractivity contribution is -0.137. The number of nitrogens with zero attached hydrogens (tertiary/aromatic N) is 1. The summed E-state index contributed by atoms with van der Waals surface area (Å²) in [7, 11) is 1.67. The molecule has 0 aliphatic carbocycles. The lowest BCUT2D eigenvalue weighted by Gasteiger charge is -2.28. The molecule has 3 aromatic rings. The van der Waals surface area contributed by atoms with E-state index < -0.39 is 41.6 Å². The third kappa shape index (κ3) is 6.56. The fourth-order valence-electron chi connectivity index (χ4n) is 4.55. The normalized spacial score (nSPS) is 18.9. The van der Waals surface area contributed by atoms with Crippen LogP contribution in [0.4, 0.5) is 8.78 Å². The minimum Gasteiger partial charge on any atom is -0.378 e. The SMILES string of the molecule is C[C@H](NC(=O)[C@H](O)c1cc(F)cc(F)c1)C(=O)N[C@H]1CC(c2ccccc2)=C[C@H](c2ccccc2)N(C)C1=O. The van der Waals surface area contributed by atoms with Crippen molar-refractivity contribution in [1.29, 1.82) is 0 Å². The molecule has 202 valence electrons. The fraction of sp³-hybridized carbons (Fsp3) is 0.233. The van der Waals surface area contributed by atoms with Gasteiger partial charge in [-0.15, -0.1) is 0 Å². The van der Waals surface area contributed by atoms with Crippen molar-refractivity contribution in [3.8, 4) is 0 Å². The summed E-state index contributed by atoms with van der Waals surface area (Å²) in [5.41, 5.74) is 2.40. The molecule has 0 fully saturated rings. The average molecular weight is 534 g/mol. The maximum absolute atomic E-state index is 13.5. The smallest absolute Gasteiger partial charge is 0.254 e. The molecule has 1 aliphatic heterocycles. The molecule has 4 rings (SSSR count). The highest BCUT2D eigenvalue weighted by molar-refractivity contribution is 5.94. The molecule has 3 N–H and O–H groups in total. The molecular weight excluding hydrogens is 504 g/mol. The third-order valence-corrected chi connectivity index (χ3v) is 6.65. The minimum absolute atomic E-state index is 0.216. The highest BCUT2D eigenvalue weighted by Gasteiger charge is 2.34. The second-order valence-electron chi connectivity index (χ2n) is 9.46. The quantitative estimate of drug-likeness (QED) is 0.432. The summed E-state index contributed by atoms with van der Waals surface area (Å²) < 4.78 is 27.0. The molecule has 0 aromatic heterocycles. The van der Waals surface area contributed by atoms with Gasteiger partial charge in [0.25, 0.3) is 5.91 Å². The number of hydrogen-bond donors (Lipinski definition) is 3. The number of amides is 3. The highest BCUT2D eigenvalue weighted by atomic mass is 19.1. The Balaban J connectivity index is 1.51. The van der Waals surface area contributed by atoms with Crippen LogP contribution in [0.1, 0.15) is 42.2 Å². The molecule has 39 heavy (non-hydrogen) atoms. The molecule has 0 saturated carbocycles. The molecule has 7 nitrogen and oxygen atoms in total. The Morgan fingerprint density at radius 1 is 0.949 bits per heavy atom. The number of rotatable bonds is 7. The van der Waals surface area contributed by atoms with E-state index in [1.165, 1.54) is 6.92 Å². The first kappa shape index (κ1) is 27.7. The van der Waals surface area contributed by atoms with E-state index in [-0.39, 0.29) is 23.9 Å². The van der Waals surface area contributed by atoms with Crippen molar-refractivity contribution in [2.45, 2.75) is 37.6 Å². The van der Waals surface area contributed by atoms with Crippen LogP contribution in [0.5, 0.6) is 0 Å². The third-order valence-electron chi connectivity index (χ3n) is 6.65. The van der Waals surface area contributed by atoms with Crippen LogP contribution in [0.3, 0.4) is 0 Å². The Morgan fingerprint density at radius 2 is 1.54 bits per heavy atom. The topological polar surface area (TPSA) is 98.7 Å². The van der Waals surface area contributed by atoms with Gasteiger partial charge in [0.1, 0.15) is 23.7 Å². The molecular formula is C30H29F2N3O4. The van der Waals surface area contributed by atoms with Crippen LogP contribution in [0, 0.1) is 11.6 Å². The van der Waals surface area contributed by atoms with Gasteiger partial charge in [-0.2, -0.15) is 0 Å². The molecule has 4 atom stereocenters. The lowest BCUT2D eigenvalue weighted by Crippen LogP contribution is -2.53. The van der Waals surface area contributed by atoms with E-state index >= 15 is 0 Å². The van der Waals surface area contributed by atoms with Crippen LogP contribution in [-0.4, -0.2) is 46.9 Å². The molecule has 0 spiro atoms. The van der Waals surface area contributed by atoms with Gasteiger partial charge >= 0.3 is 0 Å². The van der Waals surface area contributed by atoms with Gasteiger partial charge in [0.2, 0.25) is 11.8 Å². The van der Waals surface area contributed by atoms with Crippen LogP contribution >= 0.6 is 0 Å². The van der Waals surface area contributed by atoms with E-state index in [1.807, 2.05) is 66.7 Å². The molecule has 0 saturated heterocycles. The van der Waals surface area contributed by atoms with E-state index in [2.05, 4.69) is 10.6 Å². The molecule has 3 aromatic carbocycles. The summed E-state index contributed by atoms with van der Waals surface area (Å²) >= 11 is 0. The van der Waals surface area contributed by atoms with Crippen molar-refractivity contribution >= 4 is 23.3 Å². The van der Waals surface area contributed by atoms with Crippen LogP contribution in [0.25, 0.3) is 5.57 Å². The van der Waals surface area contributed by atoms with Crippen molar-refractivity contribution in [3.05, 3.63) is 113 Å². The average Bonchev–Trinajstić information content (AvgIpc) is 3.05. The first-order valence-corrected chi connectivity index (χ1v) is 12.5. The first-order chi connectivity index (χ1) is 18.6.